The third-order valence-corrected chi connectivity index (χ3v) is 3.74. The van der Waals surface area contributed by atoms with Gasteiger partial charge in [-0.05, 0) is 13.8 Å². The number of aromatic nitrogens is 3. The molecule has 0 aliphatic heterocycles. The molecule has 5 nitrogen and oxygen atoms in total. The minimum Gasteiger partial charge on any atom is -0.361 e. The minimum atomic E-state index is -0.0753. The number of nitrogens with zero attached hydrogens (tertiary/aromatic N) is 3. The van der Waals surface area contributed by atoms with Crippen molar-refractivity contribution in [3.05, 3.63) is 28.7 Å². The first-order valence-corrected chi connectivity index (χ1v) is 7.36. The summed E-state index contributed by atoms with van der Waals surface area (Å²) in [5, 5.41) is 7.95. The highest BCUT2D eigenvalue weighted by Gasteiger charge is 2.20. The van der Waals surface area contributed by atoms with Gasteiger partial charge in [-0.3, -0.25) is 0 Å². The van der Waals surface area contributed by atoms with Crippen molar-refractivity contribution in [3.63, 3.8) is 0 Å². The smallest absolute Gasteiger partial charge is 0.236 e. The highest BCUT2D eigenvalue weighted by Crippen LogP contribution is 2.23. The Morgan fingerprint density at radius 2 is 1.79 bits per heavy atom. The second-order valence-corrected chi connectivity index (χ2v) is 6.54. The molecule has 0 aliphatic rings. The van der Waals surface area contributed by atoms with Gasteiger partial charge in [-0.15, -0.1) is 11.8 Å². The maximum absolute atomic E-state index is 5.25. The summed E-state index contributed by atoms with van der Waals surface area (Å²) in [7, 11) is 0. The number of hydrogen-bond donors (Lipinski definition) is 0. The zero-order valence-corrected chi connectivity index (χ0v) is 12.8. The van der Waals surface area contributed by atoms with Crippen LogP contribution in [0.3, 0.4) is 0 Å². The molecule has 0 N–H and O–H groups in total. The van der Waals surface area contributed by atoms with Crippen molar-refractivity contribution in [1.29, 1.82) is 0 Å². The molecule has 2 aromatic heterocycles. The van der Waals surface area contributed by atoms with E-state index < -0.39 is 0 Å². The number of hydrogen-bond acceptors (Lipinski definition) is 6. The molecule has 0 aliphatic carbocycles. The Hall–Kier alpha value is -1.30. The molecular formula is C13H19N3O2S. The van der Waals surface area contributed by atoms with Gasteiger partial charge >= 0.3 is 0 Å². The lowest BCUT2D eigenvalue weighted by molar-refractivity contribution is 0.373. The van der Waals surface area contributed by atoms with Gasteiger partial charge in [0.2, 0.25) is 5.89 Å². The summed E-state index contributed by atoms with van der Waals surface area (Å²) in [5.41, 5.74) is 2.03. The SMILES string of the molecule is Cc1noc(C)c1CSCc1nc(C(C)(C)C)no1. The molecule has 0 amide bonds. The summed E-state index contributed by atoms with van der Waals surface area (Å²) in [5.74, 6) is 3.84. The Labute approximate surface area is 117 Å². The maximum Gasteiger partial charge on any atom is 0.236 e. The van der Waals surface area contributed by atoms with E-state index in [1.165, 1.54) is 0 Å². The maximum atomic E-state index is 5.25. The Morgan fingerprint density at radius 1 is 1.05 bits per heavy atom. The fourth-order valence-corrected chi connectivity index (χ4v) is 2.58. The second-order valence-electron chi connectivity index (χ2n) is 5.56. The molecule has 0 unspecified atom stereocenters. The summed E-state index contributed by atoms with van der Waals surface area (Å²) in [6, 6.07) is 0. The molecule has 0 fully saturated rings. The molecule has 0 aromatic carbocycles. The summed E-state index contributed by atoms with van der Waals surface area (Å²) in [4.78, 5) is 4.41. The Balaban J connectivity index is 1.91. The molecule has 2 heterocycles. The molecular weight excluding hydrogens is 262 g/mol. The van der Waals surface area contributed by atoms with Gasteiger partial charge in [0.05, 0.1) is 11.4 Å². The van der Waals surface area contributed by atoms with Gasteiger partial charge in [0, 0.05) is 16.7 Å². The highest BCUT2D eigenvalue weighted by molar-refractivity contribution is 7.97. The summed E-state index contributed by atoms with van der Waals surface area (Å²) in [6.07, 6.45) is 0. The molecule has 0 spiro atoms. The first kappa shape index (κ1) is 14.1. The van der Waals surface area contributed by atoms with Crippen LogP contribution in [0.25, 0.3) is 0 Å². The Bertz CT molecular complexity index is 535. The van der Waals surface area contributed by atoms with Crippen LogP contribution in [0.2, 0.25) is 0 Å². The molecule has 2 rings (SSSR count). The molecule has 2 aromatic rings. The third-order valence-electron chi connectivity index (χ3n) is 2.79. The van der Waals surface area contributed by atoms with Crippen LogP contribution in [0, 0.1) is 13.8 Å². The van der Waals surface area contributed by atoms with Crippen LogP contribution in [-0.2, 0) is 16.9 Å². The highest BCUT2D eigenvalue weighted by atomic mass is 32.2. The average molecular weight is 281 g/mol. The van der Waals surface area contributed by atoms with Gasteiger partial charge in [0.1, 0.15) is 5.76 Å². The lowest BCUT2D eigenvalue weighted by Gasteiger charge is -2.10. The van der Waals surface area contributed by atoms with E-state index in [9.17, 15) is 0 Å². The van der Waals surface area contributed by atoms with Crippen LogP contribution in [0.1, 0.15) is 49.5 Å². The van der Waals surface area contributed by atoms with Crippen molar-refractivity contribution in [3.8, 4) is 0 Å². The van der Waals surface area contributed by atoms with Crippen LogP contribution < -0.4 is 0 Å². The van der Waals surface area contributed by atoms with Gasteiger partial charge in [-0.2, -0.15) is 4.98 Å². The largest absolute Gasteiger partial charge is 0.361 e. The number of aryl methyl sites for hydroxylation is 2. The van der Waals surface area contributed by atoms with E-state index in [-0.39, 0.29) is 5.41 Å². The minimum absolute atomic E-state index is 0.0753. The van der Waals surface area contributed by atoms with Gasteiger partial charge in [0.15, 0.2) is 5.82 Å². The first-order chi connectivity index (χ1) is 8.88. The topological polar surface area (TPSA) is 65.0 Å². The van der Waals surface area contributed by atoms with Crippen molar-refractivity contribution in [2.75, 3.05) is 0 Å². The zero-order valence-electron chi connectivity index (χ0n) is 12.0. The van der Waals surface area contributed by atoms with Crippen LogP contribution in [0.4, 0.5) is 0 Å². The molecule has 0 saturated heterocycles. The van der Waals surface area contributed by atoms with Crippen molar-refractivity contribution in [2.45, 2.75) is 51.5 Å². The molecule has 19 heavy (non-hydrogen) atoms. The van der Waals surface area contributed by atoms with Crippen molar-refractivity contribution >= 4 is 11.8 Å². The molecule has 0 radical (unpaired) electrons. The molecule has 104 valence electrons. The van der Waals surface area contributed by atoms with Gasteiger partial charge in [-0.25, -0.2) is 0 Å². The van der Waals surface area contributed by atoms with Crippen LogP contribution in [0.5, 0.6) is 0 Å². The monoisotopic (exact) mass is 281 g/mol. The van der Waals surface area contributed by atoms with E-state index in [1.807, 2.05) is 13.8 Å². The van der Waals surface area contributed by atoms with E-state index in [4.69, 9.17) is 9.05 Å². The van der Waals surface area contributed by atoms with E-state index in [1.54, 1.807) is 11.8 Å². The number of rotatable bonds is 4. The Kier molecular flexibility index (Phi) is 3.99. The fraction of sp³-hybridized carbons (Fsp3) is 0.615. The zero-order chi connectivity index (χ0) is 14.0. The second kappa shape index (κ2) is 5.36. The Morgan fingerprint density at radius 3 is 2.32 bits per heavy atom. The van der Waals surface area contributed by atoms with E-state index in [2.05, 4.69) is 36.1 Å². The summed E-state index contributed by atoms with van der Waals surface area (Å²) >= 11 is 1.72. The van der Waals surface area contributed by atoms with Crippen LogP contribution in [-0.4, -0.2) is 15.3 Å². The lowest BCUT2D eigenvalue weighted by atomic mass is 9.96. The van der Waals surface area contributed by atoms with Gasteiger partial charge < -0.3 is 9.05 Å². The third kappa shape index (κ3) is 3.37. The standard InChI is InChI=1S/C13H19N3O2S/c1-8-10(9(2)17-15-8)6-19-7-11-14-12(16-18-11)13(3,4)5/h6-7H2,1-5H3. The summed E-state index contributed by atoms with van der Waals surface area (Å²) in [6.45, 7) is 10.1. The number of thioether (sulfide) groups is 1. The lowest BCUT2D eigenvalue weighted by Crippen LogP contribution is -2.13. The van der Waals surface area contributed by atoms with Crippen molar-refractivity contribution in [2.24, 2.45) is 0 Å². The predicted octanol–water partition coefficient (Wildman–Crippen LogP) is 3.41. The molecule has 0 saturated carbocycles. The van der Waals surface area contributed by atoms with Crippen LogP contribution >= 0.6 is 11.8 Å². The van der Waals surface area contributed by atoms with Crippen molar-refractivity contribution < 1.29 is 9.05 Å². The molecule has 6 heteroatoms. The predicted molar refractivity (Wildman–Crippen MR) is 74.0 cm³/mol. The fourth-order valence-electron chi connectivity index (χ4n) is 1.57. The molecule has 0 bridgehead atoms. The summed E-state index contributed by atoms with van der Waals surface area (Å²) < 4.78 is 10.4. The van der Waals surface area contributed by atoms with E-state index in [0.717, 1.165) is 28.6 Å². The van der Waals surface area contributed by atoms with Gasteiger partial charge in [0.25, 0.3) is 0 Å². The quantitative estimate of drug-likeness (QED) is 0.855. The van der Waals surface area contributed by atoms with E-state index in [0.29, 0.717) is 11.6 Å². The van der Waals surface area contributed by atoms with Crippen LogP contribution in [0.15, 0.2) is 9.05 Å². The average Bonchev–Trinajstić information content (AvgIpc) is 2.90. The normalized spacial score (nSPS) is 12.1. The van der Waals surface area contributed by atoms with Gasteiger partial charge in [-0.1, -0.05) is 31.1 Å². The first-order valence-electron chi connectivity index (χ1n) is 6.20. The van der Waals surface area contributed by atoms with Crippen molar-refractivity contribution in [1.82, 2.24) is 15.3 Å². The molecule has 0 atom stereocenters. The van der Waals surface area contributed by atoms with E-state index >= 15 is 0 Å².